The molecule has 2 nitrogen and oxygen atoms in total. The standard InChI is InChI=1S/C12H17ClN2/c1-9-6-7-10(2)15(8-9)12-5-3-4-11(13)14-12/h3-5,9-10H,6-8H2,1-2H3. The van der Waals surface area contributed by atoms with E-state index < -0.39 is 0 Å². The first kappa shape index (κ1) is 10.7. The van der Waals surface area contributed by atoms with Crippen LogP contribution >= 0.6 is 11.6 Å². The van der Waals surface area contributed by atoms with E-state index in [1.807, 2.05) is 18.2 Å². The summed E-state index contributed by atoms with van der Waals surface area (Å²) in [4.78, 5) is 6.73. The van der Waals surface area contributed by atoms with Crippen LogP contribution in [0.2, 0.25) is 5.15 Å². The summed E-state index contributed by atoms with van der Waals surface area (Å²) < 4.78 is 0. The minimum Gasteiger partial charge on any atom is -0.354 e. The molecule has 15 heavy (non-hydrogen) atoms. The molecule has 1 aliphatic heterocycles. The number of hydrogen-bond donors (Lipinski definition) is 0. The van der Waals surface area contributed by atoms with E-state index in [-0.39, 0.29) is 0 Å². The lowest BCUT2D eigenvalue weighted by atomic mass is 9.95. The number of pyridine rings is 1. The number of rotatable bonds is 1. The second-order valence-electron chi connectivity index (χ2n) is 4.50. The molecule has 0 bridgehead atoms. The van der Waals surface area contributed by atoms with E-state index in [1.165, 1.54) is 12.8 Å². The van der Waals surface area contributed by atoms with E-state index in [2.05, 4.69) is 23.7 Å². The number of anilines is 1. The number of halogens is 1. The summed E-state index contributed by atoms with van der Waals surface area (Å²) in [5.41, 5.74) is 0. The summed E-state index contributed by atoms with van der Waals surface area (Å²) >= 11 is 5.91. The molecule has 0 aromatic carbocycles. The molecule has 0 N–H and O–H groups in total. The largest absolute Gasteiger partial charge is 0.354 e. The Kier molecular flexibility index (Phi) is 3.15. The third kappa shape index (κ3) is 2.43. The topological polar surface area (TPSA) is 16.1 Å². The van der Waals surface area contributed by atoms with Gasteiger partial charge in [-0.3, -0.25) is 0 Å². The molecular formula is C12H17ClN2. The van der Waals surface area contributed by atoms with Crippen LogP contribution < -0.4 is 4.90 Å². The Labute approximate surface area is 96.3 Å². The van der Waals surface area contributed by atoms with Crippen LogP contribution in [0.1, 0.15) is 26.7 Å². The zero-order valence-electron chi connectivity index (χ0n) is 9.28. The summed E-state index contributed by atoms with van der Waals surface area (Å²) in [6.45, 7) is 5.65. The highest BCUT2D eigenvalue weighted by Gasteiger charge is 2.23. The fourth-order valence-corrected chi connectivity index (χ4v) is 2.32. The van der Waals surface area contributed by atoms with Crippen LogP contribution in [0.15, 0.2) is 18.2 Å². The lowest BCUT2D eigenvalue weighted by molar-refractivity contribution is 0.388. The van der Waals surface area contributed by atoms with Crippen LogP contribution in [0, 0.1) is 5.92 Å². The summed E-state index contributed by atoms with van der Waals surface area (Å²) in [6.07, 6.45) is 2.56. The van der Waals surface area contributed by atoms with Crippen LogP contribution in [0.4, 0.5) is 5.82 Å². The van der Waals surface area contributed by atoms with Gasteiger partial charge in [0.15, 0.2) is 0 Å². The first-order valence-electron chi connectivity index (χ1n) is 5.56. The molecule has 0 spiro atoms. The molecule has 1 aromatic rings. The van der Waals surface area contributed by atoms with Crippen LogP contribution in [-0.4, -0.2) is 17.6 Å². The third-order valence-corrected chi connectivity index (χ3v) is 3.32. The van der Waals surface area contributed by atoms with Gasteiger partial charge in [-0.05, 0) is 37.8 Å². The highest BCUT2D eigenvalue weighted by Crippen LogP contribution is 2.26. The summed E-state index contributed by atoms with van der Waals surface area (Å²) in [7, 11) is 0. The fourth-order valence-electron chi connectivity index (χ4n) is 2.17. The summed E-state index contributed by atoms with van der Waals surface area (Å²) in [6, 6.07) is 6.41. The highest BCUT2D eigenvalue weighted by molar-refractivity contribution is 6.29. The van der Waals surface area contributed by atoms with E-state index >= 15 is 0 Å². The molecule has 1 saturated heterocycles. The van der Waals surface area contributed by atoms with Gasteiger partial charge in [-0.2, -0.15) is 0 Å². The van der Waals surface area contributed by atoms with E-state index in [0.29, 0.717) is 11.2 Å². The molecule has 2 unspecified atom stereocenters. The summed E-state index contributed by atoms with van der Waals surface area (Å²) in [5, 5.41) is 0.581. The maximum atomic E-state index is 5.91. The van der Waals surface area contributed by atoms with Gasteiger partial charge < -0.3 is 4.90 Å². The van der Waals surface area contributed by atoms with E-state index in [4.69, 9.17) is 11.6 Å². The Bertz CT molecular complexity index is 340. The van der Waals surface area contributed by atoms with Crippen LogP contribution in [0.3, 0.4) is 0 Å². The van der Waals surface area contributed by atoms with Crippen molar-refractivity contribution in [3.63, 3.8) is 0 Å². The van der Waals surface area contributed by atoms with Crippen LogP contribution in [-0.2, 0) is 0 Å². The molecule has 2 atom stereocenters. The van der Waals surface area contributed by atoms with Gasteiger partial charge in [0.25, 0.3) is 0 Å². The molecule has 1 aliphatic rings. The molecule has 0 amide bonds. The van der Waals surface area contributed by atoms with Crippen molar-refractivity contribution in [2.24, 2.45) is 5.92 Å². The number of hydrogen-bond acceptors (Lipinski definition) is 2. The lowest BCUT2D eigenvalue weighted by Crippen LogP contribution is -2.41. The number of piperidine rings is 1. The van der Waals surface area contributed by atoms with E-state index in [9.17, 15) is 0 Å². The molecule has 2 rings (SSSR count). The Morgan fingerprint density at radius 2 is 2.13 bits per heavy atom. The van der Waals surface area contributed by atoms with Gasteiger partial charge in [-0.25, -0.2) is 4.98 Å². The van der Waals surface area contributed by atoms with Gasteiger partial charge in [-0.1, -0.05) is 24.6 Å². The lowest BCUT2D eigenvalue weighted by Gasteiger charge is -2.37. The molecule has 0 radical (unpaired) electrons. The fraction of sp³-hybridized carbons (Fsp3) is 0.583. The maximum absolute atomic E-state index is 5.91. The number of nitrogens with zero attached hydrogens (tertiary/aromatic N) is 2. The second kappa shape index (κ2) is 4.40. The normalized spacial score (nSPS) is 26.7. The molecule has 1 fully saturated rings. The van der Waals surface area contributed by atoms with Crippen molar-refractivity contribution in [3.8, 4) is 0 Å². The van der Waals surface area contributed by atoms with Gasteiger partial charge in [0, 0.05) is 12.6 Å². The van der Waals surface area contributed by atoms with Crippen molar-refractivity contribution in [2.45, 2.75) is 32.7 Å². The predicted octanol–water partition coefficient (Wildman–Crippen LogP) is 3.36. The van der Waals surface area contributed by atoms with Crippen molar-refractivity contribution in [1.29, 1.82) is 0 Å². The quantitative estimate of drug-likeness (QED) is 0.680. The van der Waals surface area contributed by atoms with Gasteiger partial charge in [0.1, 0.15) is 11.0 Å². The van der Waals surface area contributed by atoms with Gasteiger partial charge in [0.05, 0.1) is 0 Å². The monoisotopic (exact) mass is 224 g/mol. The zero-order valence-corrected chi connectivity index (χ0v) is 10.0. The maximum Gasteiger partial charge on any atom is 0.131 e. The molecule has 82 valence electrons. The zero-order chi connectivity index (χ0) is 10.8. The first-order valence-corrected chi connectivity index (χ1v) is 5.94. The van der Waals surface area contributed by atoms with Crippen LogP contribution in [0.5, 0.6) is 0 Å². The van der Waals surface area contributed by atoms with Crippen molar-refractivity contribution < 1.29 is 0 Å². The Morgan fingerprint density at radius 3 is 2.87 bits per heavy atom. The smallest absolute Gasteiger partial charge is 0.131 e. The second-order valence-corrected chi connectivity index (χ2v) is 4.89. The molecule has 0 aliphatic carbocycles. The Hall–Kier alpha value is -0.760. The van der Waals surface area contributed by atoms with E-state index in [1.54, 1.807) is 0 Å². The molecule has 3 heteroatoms. The molecular weight excluding hydrogens is 208 g/mol. The minimum atomic E-state index is 0.576. The van der Waals surface area contributed by atoms with Crippen molar-refractivity contribution in [3.05, 3.63) is 23.4 Å². The molecule has 2 heterocycles. The Balaban J connectivity index is 2.21. The molecule has 1 aromatic heterocycles. The van der Waals surface area contributed by atoms with E-state index in [0.717, 1.165) is 18.3 Å². The predicted molar refractivity (Wildman–Crippen MR) is 64.5 cm³/mol. The molecule has 0 saturated carbocycles. The highest BCUT2D eigenvalue weighted by atomic mass is 35.5. The summed E-state index contributed by atoms with van der Waals surface area (Å²) in [5.74, 6) is 1.77. The number of aromatic nitrogens is 1. The van der Waals surface area contributed by atoms with Crippen LogP contribution in [0.25, 0.3) is 0 Å². The average molecular weight is 225 g/mol. The van der Waals surface area contributed by atoms with Gasteiger partial charge >= 0.3 is 0 Å². The van der Waals surface area contributed by atoms with Crippen molar-refractivity contribution in [1.82, 2.24) is 4.98 Å². The van der Waals surface area contributed by atoms with Crippen molar-refractivity contribution in [2.75, 3.05) is 11.4 Å². The third-order valence-electron chi connectivity index (χ3n) is 3.11. The SMILES string of the molecule is CC1CCC(C)N(c2cccc(Cl)n2)C1. The van der Waals surface area contributed by atoms with Crippen molar-refractivity contribution >= 4 is 17.4 Å². The first-order chi connectivity index (χ1) is 7.16. The Morgan fingerprint density at radius 1 is 1.33 bits per heavy atom. The van der Waals surface area contributed by atoms with Gasteiger partial charge in [-0.15, -0.1) is 0 Å². The average Bonchev–Trinajstić information content (AvgIpc) is 2.22. The minimum absolute atomic E-state index is 0.576. The van der Waals surface area contributed by atoms with Gasteiger partial charge in [0.2, 0.25) is 0 Å².